The van der Waals surface area contributed by atoms with Crippen molar-refractivity contribution >= 4 is 11.6 Å². The number of ether oxygens (including phenoxy) is 1. The van der Waals surface area contributed by atoms with Crippen LogP contribution in [0.15, 0.2) is 42.5 Å². The molecule has 0 aromatic heterocycles. The molecule has 0 aliphatic carbocycles. The summed E-state index contributed by atoms with van der Waals surface area (Å²) in [6.07, 6.45) is -1.17. The highest BCUT2D eigenvalue weighted by Crippen LogP contribution is 2.34. The maximum atomic E-state index is 10.1. The van der Waals surface area contributed by atoms with Crippen molar-refractivity contribution in [1.29, 1.82) is 0 Å². The Morgan fingerprint density at radius 3 is 2.42 bits per heavy atom. The minimum absolute atomic E-state index is 0.282. The Labute approximate surface area is 159 Å². The van der Waals surface area contributed by atoms with Gasteiger partial charge in [-0.1, -0.05) is 54.9 Å². The fraction of sp³-hybridized carbons (Fsp3) is 0.429. The normalized spacial score (nSPS) is 26.0. The number of aliphatic hydroxyl groups is 3. The van der Waals surface area contributed by atoms with E-state index >= 15 is 0 Å². The Balaban J connectivity index is 1.80. The molecule has 1 heterocycles. The van der Waals surface area contributed by atoms with E-state index in [-0.39, 0.29) is 19.1 Å². The number of benzene rings is 2. The van der Waals surface area contributed by atoms with E-state index in [1.54, 1.807) is 0 Å². The van der Waals surface area contributed by atoms with Crippen molar-refractivity contribution in [2.45, 2.75) is 50.6 Å². The van der Waals surface area contributed by atoms with Crippen LogP contribution in [0.5, 0.6) is 0 Å². The summed E-state index contributed by atoms with van der Waals surface area (Å²) in [7, 11) is 0. The van der Waals surface area contributed by atoms with E-state index in [2.05, 4.69) is 31.2 Å². The van der Waals surface area contributed by atoms with Crippen LogP contribution in [0.1, 0.15) is 41.7 Å². The van der Waals surface area contributed by atoms with E-state index in [0.717, 1.165) is 17.5 Å². The van der Waals surface area contributed by atoms with Gasteiger partial charge in [0.15, 0.2) is 0 Å². The van der Waals surface area contributed by atoms with Gasteiger partial charge in [0.1, 0.15) is 12.2 Å². The lowest BCUT2D eigenvalue weighted by molar-refractivity contribution is -0.181. The SMILES string of the molecule is CCc1ccc(Cc2cc(C3CC(O)[C@H](O)C(CO)O3)ccc2Cl)cc1. The van der Waals surface area contributed by atoms with Gasteiger partial charge in [0.25, 0.3) is 0 Å². The molecule has 1 fully saturated rings. The van der Waals surface area contributed by atoms with Crippen LogP contribution >= 0.6 is 11.6 Å². The molecule has 1 aliphatic heterocycles. The molecule has 2 aromatic rings. The van der Waals surface area contributed by atoms with Gasteiger partial charge in [0, 0.05) is 11.4 Å². The summed E-state index contributed by atoms with van der Waals surface area (Å²) < 4.78 is 5.78. The van der Waals surface area contributed by atoms with Crippen LogP contribution in [-0.2, 0) is 17.6 Å². The number of aliphatic hydroxyl groups excluding tert-OH is 3. The Morgan fingerprint density at radius 2 is 1.77 bits per heavy atom. The van der Waals surface area contributed by atoms with Gasteiger partial charge in [-0.2, -0.15) is 0 Å². The molecule has 140 valence electrons. The van der Waals surface area contributed by atoms with Crippen molar-refractivity contribution in [3.63, 3.8) is 0 Å². The number of hydrogen-bond donors (Lipinski definition) is 3. The lowest BCUT2D eigenvalue weighted by Gasteiger charge is -2.36. The fourth-order valence-electron chi connectivity index (χ4n) is 3.36. The quantitative estimate of drug-likeness (QED) is 0.750. The second kappa shape index (κ2) is 8.51. The van der Waals surface area contributed by atoms with Gasteiger partial charge < -0.3 is 20.1 Å². The van der Waals surface area contributed by atoms with Gasteiger partial charge in [-0.15, -0.1) is 0 Å². The average Bonchev–Trinajstić information content (AvgIpc) is 2.66. The van der Waals surface area contributed by atoms with Gasteiger partial charge >= 0.3 is 0 Å². The standard InChI is InChI=1S/C21H25ClO4/c1-2-13-3-5-14(6-4-13)9-16-10-15(7-8-17(16)22)19-11-18(24)21(25)20(12-23)26-19/h3-8,10,18-21,23-25H,2,9,11-12H2,1H3/t18?,19?,20?,21-/m0/s1. The third-order valence-electron chi connectivity index (χ3n) is 5.02. The molecule has 4 nitrogen and oxygen atoms in total. The molecule has 5 heteroatoms. The summed E-state index contributed by atoms with van der Waals surface area (Å²) in [4.78, 5) is 0. The van der Waals surface area contributed by atoms with Gasteiger partial charge in [0.2, 0.25) is 0 Å². The highest BCUT2D eigenvalue weighted by molar-refractivity contribution is 6.31. The zero-order chi connectivity index (χ0) is 18.7. The molecule has 0 bridgehead atoms. The molecule has 1 saturated heterocycles. The molecule has 1 aliphatic rings. The third-order valence-corrected chi connectivity index (χ3v) is 5.39. The van der Waals surface area contributed by atoms with E-state index in [1.807, 2.05) is 18.2 Å². The Morgan fingerprint density at radius 1 is 1.08 bits per heavy atom. The molecule has 0 saturated carbocycles. The topological polar surface area (TPSA) is 69.9 Å². The minimum Gasteiger partial charge on any atom is -0.394 e. The average molecular weight is 377 g/mol. The monoisotopic (exact) mass is 376 g/mol. The Hall–Kier alpha value is -1.43. The third kappa shape index (κ3) is 4.27. The summed E-state index contributed by atoms with van der Waals surface area (Å²) in [6, 6.07) is 14.2. The molecule has 0 amide bonds. The molecule has 3 unspecified atom stereocenters. The summed E-state index contributed by atoms with van der Waals surface area (Å²) in [6.45, 7) is 1.80. The maximum Gasteiger partial charge on any atom is 0.110 e. The van der Waals surface area contributed by atoms with Crippen molar-refractivity contribution in [3.8, 4) is 0 Å². The Kier molecular flexibility index (Phi) is 6.33. The van der Waals surface area contributed by atoms with E-state index in [4.69, 9.17) is 16.3 Å². The zero-order valence-electron chi connectivity index (χ0n) is 14.8. The highest BCUT2D eigenvalue weighted by Gasteiger charge is 2.37. The molecular weight excluding hydrogens is 352 g/mol. The van der Waals surface area contributed by atoms with E-state index in [9.17, 15) is 15.3 Å². The number of halogens is 1. The number of hydrogen-bond acceptors (Lipinski definition) is 4. The highest BCUT2D eigenvalue weighted by atomic mass is 35.5. The van der Waals surface area contributed by atoms with E-state index in [0.29, 0.717) is 11.4 Å². The van der Waals surface area contributed by atoms with Crippen LogP contribution in [0.2, 0.25) is 5.02 Å². The smallest absolute Gasteiger partial charge is 0.110 e. The minimum atomic E-state index is -1.07. The van der Waals surface area contributed by atoms with Crippen LogP contribution in [0.25, 0.3) is 0 Å². The van der Waals surface area contributed by atoms with Crippen LogP contribution in [-0.4, -0.2) is 40.2 Å². The Bertz CT molecular complexity index is 731. The van der Waals surface area contributed by atoms with Gasteiger partial charge in [0.05, 0.1) is 18.8 Å². The first-order valence-electron chi connectivity index (χ1n) is 9.00. The lowest BCUT2D eigenvalue weighted by atomic mass is 9.92. The fourth-order valence-corrected chi connectivity index (χ4v) is 3.55. The van der Waals surface area contributed by atoms with Crippen LogP contribution < -0.4 is 0 Å². The molecular formula is C21H25ClO4. The van der Waals surface area contributed by atoms with Crippen LogP contribution in [0, 0.1) is 0 Å². The van der Waals surface area contributed by atoms with Crippen LogP contribution in [0.4, 0.5) is 0 Å². The van der Waals surface area contributed by atoms with Crippen molar-refractivity contribution < 1.29 is 20.1 Å². The lowest BCUT2D eigenvalue weighted by Crippen LogP contribution is -2.47. The van der Waals surface area contributed by atoms with E-state index in [1.165, 1.54) is 11.1 Å². The van der Waals surface area contributed by atoms with Gasteiger partial charge in [-0.3, -0.25) is 0 Å². The second-order valence-electron chi connectivity index (χ2n) is 6.84. The molecule has 4 atom stereocenters. The molecule has 0 spiro atoms. The maximum absolute atomic E-state index is 10.1. The number of rotatable bonds is 5. The summed E-state index contributed by atoms with van der Waals surface area (Å²) in [5, 5.41) is 30.0. The predicted molar refractivity (Wildman–Crippen MR) is 101 cm³/mol. The molecule has 2 aromatic carbocycles. The number of aryl methyl sites for hydroxylation is 1. The summed E-state index contributed by atoms with van der Waals surface area (Å²) >= 11 is 6.38. The predicted octanol–water partition coefficient (Wildman–Crippen LogP) is 3.04. The second-order valence-corrected chi connectivity index (χ2v) is 7.24. The summed E-state index contributed by atoms with van der Waals surface area (Å²) in [5.41, 5.74) is 4.35. The van der Waals surface area contributed by atoms with Gasteiger partial charge in [-0.25, -0.2) is 0 Å². The van der Waals surface area contributed by atoms with Crippen molar-refractivity contribution in [2.75, 3.05) is 6.61 Å². The first kappa shape index (κ1) is 19.3. The molecule has 26 heavy (non-hydrogen) atoms. The van der Waals surface area contributed by atoms with Crippen LogP contribution in [0.3, 0.4) is 0 Å². The molecule has 3 rings (SSSR count). The molecule has 3 N–H and O–H groups in total. The van der Waals surface area contributed by atoms with Crippen molar-refractivity contribution in [3.05, 3.63) is 69.7 Å². The van der Waals surface area contributed by atoms with Gasteiger partial charge in [-0.05, 0) is 41.2 Å². The summed E-state index contributed by atoms with van der Waals surface area (Å²) in [5.74, 6) is 0. The van der Waals surface area contributed by atoms with Crippen molar-refractivity contribution in [2.24, 2.45) is 0 Å². The first-order chi connectivity index (χ1) is 12.5. The van der Waals surface area contributed by atoms with E-state index < -0.39 is 18.3 Å². The largest absolute Gasteiger partial charge is 0.394 e. The molecule has 0 radical (unpaired) electrons. The van der Waals surface area contributed by atoms with Crippen molar-refractivity contribution in [1.82, 2.24) is 0 Å². The first-order valence-corrected chi connectivity index (χ1v) is 9.38. The zero-order valence-corrected chi connectivity index (χ0v) is 15.6.